The second-order valence-electron chi connectivity index (χ2n) is 3.97. The fraction of sp³-hybridized carbons (Fsp3) is 0.143. The Morgan fingerprint density at radius 2 is 2.19 bits per heavy atom. The molecule has 1 aromatic heterocycles. The lowest BCUT2D eigenvalue weighted by atomic mass is 10.2. The number of carbonyl (C=O) groups excluding carboxylic acids is 1. The first-order chi connectivity index (χ1) is 10.0. The number of aromatic nitrogens is 1. The quantitative estimate of drug-likeness (QED) is 0.850. The van der Waals surface area contributed by atoms with Gasteiger partial charge in [-0.25, -0.2) is 14.2 Å². The molecular formula is C14H12BrFN2O3. The van der Waals surface area contributed by atoms with Crippen molar-refractivity contribution in [1.29, 1.82) is 0 Å². The molecule has 0 aliphatic heterocycles. The second kappa shape index (κ2) is 6.53. The van der Waals surface area contributed by atoms with Gasteiger partial charge in [0.2, 0.25) is 5.88 Å². The Hall–Kier alpha value is -2.15. The van der Waals surface area contributed by atoms with Crippen molar-refractivity contribution in [2.45, 2.75) is 6.92 Å². The number of hydrogen-bond acceptors (Lipinski definition) is 5. The van der Waals surface area contributed by atoms with Crippen LogP contribution in [-0.2, 0) is 4.74 Å². The summed E-state index contributed by atoms with van der Waals surface area (Å²) in [5.74, 6) is -1.26. The van der Waals surface area contributed by atoms with Crippen molar-refractivity contribution in [2.24, 2.45) is 0 Å². The number of ether oxygens (including phenoxy) is 2. The lowest BCUT2D eigenvalue weighted by molar-refractivity contribution is 0.0527. The SMILES string of the molecule is CCOC(=O)c1ccnc(Oc2ccc(Br)cc2F)c1N. The molecule has 0 fully saturated rings. The average molecular weight is 355 g/mol. The fourth-order valence-electron chi connectivity index (χ4n) is 1.58. The fourth-order valence-corrected chi connectivity index (χ4v) is 1.92. The van der Waals surface area contributed by atoms with E-state index >= 15 is 0 Å². The summed E-state index contributed by atoms with van der Waals surface area (Å²) in [4.78, 5) is 15.6. The maximum atomic E-state index is 13.7. The molecule has 0 atom stereocenters. The maximum Gasteiger partial charge on any atom is 0.340 e. The predicted molar refractivity (Wildman–Crippen MR) is 78.8 cm³/mol. The minimum Gasteiger partial charge on any atom is -0.462 e. The van der Waals surface area contributed by atoms with Gasteiger partial charge in [0.25, 0.3) is 0 Å². The second-order valence-corrected chi connectivity index (χ2v) is 4.89. The summed E-state index contributed by atoms with van der Waals surface area (Å²) < 4.78 is 24.5. The van der Waals surface area contributed by atoms with E-state index in [2.05, 4.69) is 20.9 Å². The van der Waals surface area contributed by atoms with E-state index in [1.165, 1.54) is 24.4 Å². The molecule has 0 aliphatic carbocycles. The van der Waals surface area contributed by atoms with Crippen molar-refractivity contribution < 1.29 is 18.7 Å². The summed E-state index contributed by atoms with van der Waals surface area (Å²) in [6.07, 6.45) is 1.34. The Balaban J connectivity index is 2.32. The molecule has 0 saturated heterocycles. The minimum atomic E-state index is -0.585. The topological polar surface area (TPSA) is 74.4 Å². The Labute approximate surface area is 129 Å². The zero-order valence-electron chi connectivity index (χ0n) is 11.1. The molecule has 0 radical (unpaired) electrons. The van der Waals surface area contributed by atoms with Crippen LogP contribution in [-0.4, -0.2) is 17.6 Å². The van der Waals surface area contributed by atoms with Crippen molar-refractivity contribution in [1.82, 2.24) is 4.98 Å². The van der Waals surface area contributed by atoms with Gasteiger partial charge in [-0.05, 0) is 31.2 Å². The number of anilines is 1. The van der Waals surface area contributed by atoms with Crippen LogP contribution in [0.1, 0.15) is 17.3 Å². The molecule has 7 heteroatoms. The number of carbonyl (C=O) groups is 1. The molecule has 110 valence electrons. The zero-order valence-corrected chi connectivity index (χ0v) is 12.7. The van der Waals surface area contributed by atoms with Gasteiger partial charge in [0, 0.05) is 10.7 Å². The molecule has 2 N–H and O–H groups in total. The van der Waals surface area contributed by atoms with Crippen LogP contribution in [0.2, 0.25) is 0 Å². The number of benzene rings is 1. The molecular weight excluding hydrogens is 343 g/mol. The average Bonchev–Trinajstić information content (AvgIpc) is 2.44. The predicted octanol–water partition coefficient (Wildman–Crippen LogP) is 3.53. The van der Waals surface area contributed by atoms with Crippen LogP contribution in [0, 0.1) is 5.82 Å². The van der Waals surface area contributed by atoms with Gasteiger partial charge >= 0.3 is 5.97 Å². The highest BCUT2D eigenvalue weighted by atomic mass is 79.9. The smallest absolute Gasteiger partial charge is 0.340 e. The summed E-state index contributed by atoms with van der Waals surface area (Å²) in [6, 6.07) is 5.71. The normalized spacial score (nSPS) is 10.2. The van der Waals surface area contributed by atoms with Gasteiger partial charge in [-0.3, -0.25) is 0 Å². The van der Waals surface area contributed by atoms with E-state index in [9.17, 15) is 9.18 Å². The van der Waals surface area contributed by atoms with Crippen molar-refractivity contribution in [3.8, 4) is 11.6 Å². The molecule has 2 rings (SSSR count). The molecule has 5 nitrogen and oxygen atoms in total. The zero-order chi connectivity index (χ0) is 15.4. The third-order valence-electron chi connectivity index (χ3n) is 2.55. The summed E-state index contributed by atoms with van der Waals surface area (Å²) in [5.41, 5.74) is 5.95. The molecule has 1 aromatic carbocycles. The molecule has 0 amide bonds. The lowest BCUT2D eigenvalue weighted by Crippen LogP contribution is -2.09. The first-order valence-electron chi connectivity index (χ1n) is 6.07. The summed E-state index contributed by atoms with van der Waals surface area (Å²) in [5, 5.41) is 0. The third kappa shape index (κ3) is 3.49. The highest BCUT2D eigenvalue weighted by molar-refractivity contribution is 9.10. The van der Waals surface area contributed by atoms with E-state index in [-0.39, 0.29) is 29.5 Å². The van der Waals surface area contributed by atoms with E-state index in [4.69, 9.17) is 15.2 Å². The van der Waals surface area contributed by atoms with Crippen LogP contribution < -0.4 is 10.5 Å². The largest absolute Gasteiger partial charge is 0.462 e. The number of nitrogen functional groups attached to an aromatic ring is 1. The molecule has 0 bridgehead atoms. The van der Waals surface area contributed by atoms with E-state index < -0.39 is 11.8 Å². The summed E-state index contributed by atoms with van der Waals surface area (Å²) in [7, 11) is 0. The molecule has 1 heterocycles. The number of halogens is 2. The van der Waals surface area contributed by atoms with Crippen molar-refractivity contribution in [2.75, 3.05) is 12.3 Å². The highest BCUT2D eigenvalue weighted by Crippen LogP contribution is 2.30. The number of pyridine rings is 1. The minimum absolute atomic E-state index is 0.00160. The van der Waals surface area contributed by atoms with Gasteiger partial charge in [-0.2, -0.15) is 0 Å². The summed E-state index contributed by atoms with van der Waals surface area (Å²) in [6.45, 7) is 1.90. The van der Waals surface area contributed by atoms with Gasteiger partial charge in [0.15, 0.2) is 11.6 Å². The molecule has 2 aromatic rings. The first kappa shape index (κ1) is 15.2. The van der Waals surface area contributed by atoms with Gasteiger partial charge in [0.1, 0.15) is 5.69 Å². The lowest BCUT2D eigenvalue weighted by Gasteiger charge is -2.11. The van der Waals surface area contributed by atoms with Crippen LogP contribution in [0.25, 0.3) is 0 Å². The number of nitrogens with two attached hydrogens (primary N) is 1. The van der Waals surface area contributed by atoms with Crippen LogP contribution in [0.5, 0.6) is 11.6 Å². The van der Waals surface area contributed by atoms with Crippen LogP contribution >= 0.6 is 15.9 Å². The Morgan fingerprint density at radius 1 is 1.43 bits per heavy atom. The Kier molecular flexibility index (Phi) is 4.74. The Morgan fingerprint density at radius 3 is 2.86 bits per heavy atom. The van der Waals surface area contributed by atoms with Crippen LogP contribution in [0.15, 0.2) is 34.9 Å². The van der Waals surface area contributed by atoms with E-state index in [1.54, 1.807) is 13.0 Å². The maximum absolute atomic E-state index is 13.7. The van der Waals surface area contributed by atoms with Crippen molar-refractivity contribution in [3.05, 3.63) is 46.3 Å². The van der Waals surface area contributed by atoms with Gasteiger partial charge < -0.3 is 15.2 Å². The first-order valence-corrected chi connectivity index (χ1v) is 6.86. The molecule has 21 heavy (non-hydrogen) atoms. The van der Waals surface area contributed by atoms with E-state index in [1.807, 2.05) is 0 Å². The van der Waals surface area contributed by atoms with Gasteiger partial charge in [0.05, 0.1) is 12.2 Å². The van der Waals surface area contributed by atoms with Gasteiger partial charge in [-0.15, -0.1) is 0 Å². The third-order valence-corrected chi connectivity index (χ3v) is 3.04. The number of nitrogens with zero attached hydrogens (tertiary/aromatic N) is 1. The highest BCUT2D eigenvalue weighted by Gasteiger charge is 2.17. The van der Waals surface area contributed by atoms with Crippen LogP contribution in [0.3, 0.4) is 0 Å². The van der Waals surface area contributed by atoms with E-state index in [0.717, 1.165) is 0 Å². The number of rotatable bonds is 4. The van der Waals surface area contributed by atoms with Crippen molar-refractivity contribution in [3.63, 3.8) is 0 Å². The molecule has 0 unspecified atom stereocenters. The number of esters is 1. The van der Waals surface area contributed by atoms with E-state index in [0.29, 0.717) is 4.47 Å². The summed E-state index contributed by atoms with van der Waals surface area (Å²) >= 11 is 3.15. The molecule has 0 spiro atoms. The monoisotopic (exact) mass is 354 g/mol. The van der Waals surface area contributed by atoms with Gasteiger partial charge in [-0.1, -0.05) is 15.9 Å². The standard InChI is InChI=1S/C14H12BrFN2O3/c1-2-20-14(19)9-5-6-18-13(12(9)17)21-11-4-3-8(15)7-10(11)16/h3-7H,2,17H2,1H3. The molecule has 0 saturated carbocycles. The Bertz CT molecular complexity index is 679. The van der Waals surface area contributed by atoms with Crippen molar-refractivity contribution >= 4 is 27.6 Å². The number of hydrogen-bond donors (Lipinski definition) is 1. The molecule has 0 aliphatic rings. The van der Waals surface area contributed by atoms with Crippen LogP contribution in [0.4, 0.5) is 10.1 Å².